The molecular formula is C15H13N3O2S. The number of imidazole rings is 1. The maximum atomic E-state index is 12.5. The van der Waals surface area contributed by atoms with Crippen molar-refractivity contribution in [3.63, 3.8) is 0 Å². The molecule has 3 heterocycles. The van der Waals surface area contributed by atoms with Crippen LogP contribution in [-0.2, 0) is 6.42 Å². The monoisotopic (exact) mass is 299 g/mol. The summed E-state index contributed by atoms with van der Waals surface area (Å²) in [6.45, 7) is 1.35. The number of hydrogen-bond acceptors (Lipinski definition) is 5. The lowest BCUT2D eigenvalue weighted by atomic mass is 10.0. The number of aromatic nitrogens is 2. The summed E-state index contributed by atoms with van der Waals surface area (Å²) in [7, 11) is 0. The lowest BCUT2D eigenvalue weighted by Gasteiger charge is -2.21. The van der Waals surface area contributed by atoms with Gasteiger partial charge in [-0.3, -0.25) is 9.20 Å². The Morgan fingerprint density at radius 2 is 2.43 bits per heavy atom. The number of benzene rings is 1. The minimum atomic E-state index is 0.0290. The van der Waals surface area contributed by atoms with E-state index >= 15 is 0 Å². The van der Waals surface area contributed by atoms with Crippen LogP contribution in [0.15, 0.2) is 36.0 Å². The molecule has 0 bridgehead atoms. The van der Waals surface area contributed by atoms with E-state index in [1.165, 1.54) is 0 Å². The minimum Gasteiger partial charge on any atom is -0.489 e. The van der Waals surface area contributed by atoms with Crippen LogP contribution in [0.5, 0.6) is 5.75 Å². The van der Waals surface area contributed by atoms with E-state index in [2.05, 4.69) is 10.3 Å². The maximum Gasteiger partial charge on any atom is 0.193 e. The van der Waals surface area contributed by atoms with E-state index in [1.807, 2.05) is 40.4 Å². The predicted octanol–water partition coefficient (Wildman–Crippen LogP) is 2.63. The van der Waals surface area contributed by atoms with E-state index in [9.17, 15) is 4.79 Å². The molecule has 4 rings (SSSR count). The van der Waals surface area contributed by atoms with Crippen LogP contribution in [0.3, 0.4) is 0 Å². The Hall–Kier alpha value is -2.34. The number of ether oxygens (including phenoxy) is 1. The quantitative estimate of drug-likeness (QED) is 0.755. The number of carbonyl (C=O) groups is 1. The average Bonchev–Trinajstić information content (AvgIpc) is 3.07. The molecule has 0 amide bonds. The summed E-state index contributed by atoms with van der Waals surface area (Å²) in [6, 6.07) is 5.62. The topological polar surface area (TPSA) is 55.6 Å². The van der Waals surface area contributed by atoms with Gasteiger partial charge in [0, 0.05) is 24.3 Å². The number of para-hydroxylation sites is 1. The Morgan fingerprint density at radius 3 is 3.33 bits per heavy atom. The van der Waals surface area contributed by atoms with Crippen LogP contribution < -0.4 is 10.1 Å². The molecule has 21 heavy (non-hydrogen) atoms. The number of nitrogens with one attached hydrogen (secondary N) is 1. The number of carbonyl (C=O) groups excluding carboxylic acids is 1. The van der Waals surface area contributed by atoms with Gasteiger partial charge in [0.1, 0.15) is 6.61 Å². The van der Waals surface area contributed by atoms with E-state index in [0.717, 1.165) is 22.9 Å². The van der Waals surface area contributed by atoms with Gasteiger partial charge in [-0.25, -0.2) is 4.98 Å². The van der Waals surface area contributed by atoms with Crippen LogP contribution in [0.4, 0.5) is 5.69 Å². The number of Topliss-reactive ketones (excluding diaryl/α,β-unsaturated/α-hetero) is 1. The largest absolute Gasteiger partial charge is 0.489 e. The summed E-state index contributed by atoms with van der Waals surface area (Å²) in [5.41, 5.74) is 2.29. The first kappa shape index (κ1) is 12.4. The van der Waals surface area contributed by atoms with Gasteiger partial charge in [0.25, 0.3) is 0 Å². The fourth-order valence-corrected chi connectivity index (χ4v) is 3.23. The molecule has 0 aliphatic carbocycles. The fourth-order valence-electron chi connectivity index (χ4n) is 2.51. The van der Waals surface area contributed by atoms with E-state index in [-0.39, 0.29) is 12.2 Å². The van der Waals surface area contributed by atoms with Gasteiger partial charge in [0.15, 0.2) is 16.5 Å². The highest BCUT2D eigenvalue weighted by atomic mass is 32.1. The molecule has 0 radical (unpaired) electrons. The summed E-state index contributed by atoms with van der Waals surface area (Å²) in [4.78, 5) is 17.9. The molecule has 2 aromatic heterocycles. The second kappa shape index (κ2) is 4.89. The van der Waals surface area contributed by atoms with Crippen molar-refractivity contribution in [2.24, 2.45) is 0 Å². The molecule has 106 valence electrons. The van der Waals surface area contributed by atoms with Crippen molar-refractivity contribution in [1.29, 1.82) is 0 Å². The highest BCUT2D eigenvalue weighted by molar-refractivity contribution is 7.15. The van der Waals surface area contributed by atoms with Gasteiger partial charge in [-0.15, -0.1) is 11.3 Å². The lowest BCUT2D eigenvalue weighted by molar-refractivity contribution is 0.0988. The van der Waals surface area contributed by atoms with Crippen LogP contribution in [0.2, 0.25) is 0 Å². The highest BCUT2D eigenvalue weighted by Crippen LogP contribution is 2.32. The number of fused-ring (bicyclic) bond motifs is 2. The van der Waals surface area contributed by atoms with Crippen LogP contribution in [0, 0.1) is 0 Å². The number of ketones is 1. The van der Waals surface area contributed by atoms with Crippen molar-refractivity contribution in [2.45, 2.75) is 6.42 Å². The van der Waals surface area contributed by atoms with Gasteiger partial charge in [0.05, 0.1) is 23.4 Å². The van der Waals surface area contributed by atoms with E-state index < -0.39 is 0 Å². The molecule has 0 atom stereocenters. The third-order valence-electron chi connectivity index (χ3n) is 3.46. The lowest BCUT2D eigenvalue weighted by Crippen LogP contribution is -2.20. The Labute approximate surface area is 125 Å². The number of nitrogens with zero attached hydrogens (tertiary/aromatic N) is 2. The predicted molar refractivity (Wildman–Crippen MR) is 81.5 cm³/mol. The minimum absolute atomic E-state index is 0.0290. The molecule has 0 fully saturated rings. The van der Waals surface area contributed by atoms with Gasteiger partial charge in [-0.05, 0) is 12.1 Å². The molecule has 1 aliphatic heterocycles. The first-order valence-corrected chi connectivity index (χ1v) is 7.63. The maximum absolute atomic E-state index is 12.5. The van der Waals surface area contributed by atoms with Crippen molar-refractivity contribution in [3.05, 3.63) is 47.2 Å². The summed E-state index contributed by atoms with van der Waals surface area (Å²) in [5, 5.41) is 5.22. The fraction of sp³-hybridized carbons (Fsp3) is 0.200. The number of anilines is 1. The van der Waals surface area contributed by atoms with Crippen molar-refractivity contribution >= 4 is 27.8 Å². The first-order chi connectivity index (χ1) is 10.3. The first-order valence-electron chi connectivity index (χ1n) is 6.75. The molecule has 0 saturated heterocycles. The Morgan fingerprint density at radius 1 is 1.48 bits per heavy atom. The molecule has 1 aromatic carbocycles. The van der Waals surface area contributed by atoms with Crippen molar-refractivity contribution in [1.82, 2.24) is 9.38 Å². The van der Waals surface area contributed by atoms with Crippen molar-refractivity contribution in [3.8, 4) is 5.75 Å². The normalized spacial score (nSPS) is 13.5. The number of hydrogen-bond donors (Lipinski definition) is 1. The molecule has 6 heteroatoms. The molecule has 0 unspecified atom stereocenters. The summed E-state index contributed by atoms with van der Waals surface area (Å²) in [5.74, 6) is 0.691. The van der Waals surface area contributed by atoms with E-state index in [1.54, 1.807) is 11.3 Å². The van der Waals surface area contributed by atoms with Gasteiger partial charge in [-0.2, -0.15) is 0 Å². The number of thiazole rings is 1. The third kappa shape index (κ3) is 2.17. The standard InChI is InChI=1S/C15H13N3O2S/c19-13(8-10-9-18-5-7-21-15(18)17-10)11-2-1-3-12-14(11)20-6-4-16-12/h1-3,5,7,9,16H,4,6,8H2. The molecule has 0 spiro atoms. The second-order valence-electron chi connectivity index (χ2n) is 4.88. The average molecular weight is 299 g/mol. The Balaban J connectivity index is 1.64. The van der Waals surface area contributed by atoms with Crippen LogP contribution >= 0.6 is 11.3 Å². The Kier molecular flexibility index (Phi) is 2.89. The molecule has 3 aromatic rings. The molecule has 0 saturated carbocycles. The SMILES string of the molecule is O=C(Cc1cn2ccsc2n1)c1cccc2c1OCCN2. The Bertz CT molecular complexity index is 793. The summed E-state index contributed by atoms with van der Waals surface area (Å²) in [6.07, 6.45) is 4.13. The molecular weight excluding hydrogens is 286 g/mol. The third-order valence-corrected chi connectivity index (χ3v) is 4.23. The van der Waals surface area contributed by atoms with Crippen LogP contribution in [-0.4, -0.2) is 28.3 Å². The second-order valence-corrected chi connectivity index (χ2v) is 5.76. The highest BCUT2D eigenvalue weighted by Gasteiger charge is 2.20. The van der Waals surface area contributed by atoms with Gasteiger partial charge in [0.2, 0.25) is 0 Å². The van der Waals surface area contributed by atoms with E-state index in [4.69, 9.17) is 4.74 Å². The van der Waals surface area contributed by atoms with Crippen LogP contribution in [0.1, 0.15) is 16.1 Å². The zero-order valence-electron chi connectivity index (χ0n) is 11.2. The summed E-state index contributed by atoms with van der Waals surface area (Å²) >= 11 is 1.56. The van der Waals surface area contributed by atoms with Gasteiger partial charge < -0.3 is 10.1 Å². The van der Waals surface area contributed by atoms with Gasteiger partial charge in [-0.1, -0.05) is 6.07 Å². The smallest absolute Gasteiger partial charge is 0.193 e. The zero-order valence-corrected chi connectivity index (χ0v) is 12.0. The van der Waals surface area contributed by atoms with Crippen molar-refractivity contribution < 1.29 is 9.53 Å². The van der Waals surface area contributed by atoms with Crippen LogP contribution in [0.25, 0.3) is 4.96 Å². The number of rotatable bonds is 3. The summed E-state index contributed by atoms with van der Waals surface area (Å²) < 4.78 is 7.59. The van der Waals surface area contributed by atoms with Gasteiger partial charge >= 0.3 is 0 Å². The van der Waals surface area contributed by atoms with E-state index in [0.29, 0.717) is 17.9 Å². The zero-order chi connectivity index (χ0) is 14.2. The molecule has 1 aliphatic rings. The molecule has 5 nitrogen and oxygen atoms in total. The van der Waals surface area contributed by atoms with Crippen molar-refractivity contribution in [2.75, 3.05) is 18.5 Å². The molecule has 1 N–H and O–H groups in total.